The lowest BCUT2D eigenvalue weighted by atomic mass is 9.98. The van der Waals surface area contributed by atoms with E-state index in [9.17, 15) is 8.78 Å². The van der Waals surface area contributed by atoms with Gasteiger partial charge in [0.15, 0.2) is 0 Å². The number of benzene rings is 2. The Morgan fingerprint density at radius 3 is 2.57 bits per heavy atom. The number of hydrogen-bond donors (Lipinski definition) is 1. The van der Waals surface area contributed by atoms with Crippen molar-refractivity contribution >= 4 is 27.5 Å². The zero-order valence-corrected chi connectivity index (χ0v) is 13.8. The molecule has 112 valence electrons. The first-order chi connectivity index (χ1) is 10.0. The van der Waals surface area contributed by atoms with Crippen molar-refractivity contribution < 1.29 is 8.78 Å². The van der Waals surface area contributed by atoms with Crippen LogP contribution in [0.2, 0.25) is 5.02 Å². The third kappa shape index (κ3) is 4.25. The number of rotatable bonds is 5. The highest BCUT2D eigenvalue weighted by atomic mass is 79.9. The molecule has 5 heteroatoms. The van der Waals surface area contributed by atoms with Gasteiger partial charge in [0.2, 0.25) is 0 Å². The number of likely N-dealkylation sites (N-methyl/N-ethyl adjacent to an activating group) is 1. The maximum Gasteiger partial charge on any atom is 0.142 e. The number of hydrogen-bond acceptors (Lipinski definition) is 1. The fourth-order valence-corrected chi connectivity index (χ4v) is 2.97. The molecule has 21 heavy (non-hydrogen) atoms. The third-order valence-electron chi connectivity index (χ3n) is 3.21. The van der Waals surface area contributed by atoms with E-state index in [1.54, 1.807) is 18.2 Å². The first kappa shape index (κ1) is 16.4. The molecule has 1 unspecified atom stereocenters. The molecule has 1 nitrogen and oxygen atoms in total. The van der Waals surface area contributed by atoms with E-state index in [0.29, 0.717) is 10.9 Å². The highest BCUT2D eigenvalue weighted by Gasteiger charge is 2.15. The van der Waals surface area contributed by atoms with Gasteiger partial charge in [0.25, 0.3) is 0 Å². The van der Waals surface area contributed by atoms with Gasteiger partial charge in [-0.2, -0.15) is 0 Å². The van der Waals surface area contributed by atoms with Crippen LogP contribution in [0.1, 0.15) is 24.1 Å². The van der Waals surface area contributed by atoms with Crippen LogP contribution >= 0.6 is 27.5 Å². The Labute approximate surface area is 136 Å². The van der Waals surface area contributed by atoms with Crippen molar-refractivity contribution in [3.05, 3.63) is 68.7 Å². The van der Waals surface area contributed by atoms with Gasteiger partial charge in [0.05, 0.1) is 5.02 Å². The molecule has 0 saturated heterocycles. The van der Waals surface area contributed by atoms with E-state index in [-0.39, 0.29) is 16.9 Å². The van der Waals surface area contributed by atoms with E-state index in [1.807, 2.05) is 6.92 Å². The third-order valence-corrected chi connectivity index (χ3v) is 4.21. The van der Waals surface area contributed by atoms with Crippen LogP contribution in [0.15, 0.2) is 40.9 Å². The topological polar surface area (TPSA) is 12.0 Å². The number of halogens is 4. The summed E-state index contributed by atoms with van der Waals surface area (Å²) in [6.07, 6.45) is 0.589. The Morgan fingerprint density at radius 1 is 1.19 bits per heavy atom. The van der Waals surface area contributed by atoms with Crippen molar-refractivity contribution in [3.8, 4) is 0 Å². The average Bonchev–Trinajstić information content (AvgIpc) is 2.42. The maximum absolute atomic E-state index is 13.5. The molecule has 0 bridgehead atoms. The van der Waals surface area contributed by atoms with E-state index < -0.39 is 5.82 Å². The summed E-state index contributed by atoms with van der Waals surface area (Å²) in [5, 5.41) is 3.45. The van der Waals surface area contributed by atoms with Crippen LogP contribution in [0, 0.1) is 11.6 Å². The molecule has 2 aromatic rings. The Bertz CT molecular complexity index is 634. The van der Waals surface area contributed by atoms with Gasteiger partial charge in [0, 0.05) is 10.5 Å². The second kappa shape index (κ2) is 7.34. The summed E-state index contributed by atoms with van der Waals surface area (Å²) in [4.78, 5) is 0. The molecular weight excluding hydrogens is 360 g/mol. The summed E-state index contributed by atoms with van der Waals surface area (Å²) < 4.78 is 27.4. The molecule has 0 aromatic heterocycles. The van der Waals surface area contributed by atoms with Gasteiger partial charge in [-0.05, 0) is 48.4 Å². The SMILES string of the molecule is CCNC(Cc1ccc(Cl)c(F)c1)c1ccc(F)cc1Br. The van der Waals surface area contributed by atoms with Crippen molar-refractivity contribution in [2.24, 2.45) is 0 Å². The minimum atomic E-state index is -0.428. The number of nitrogens with one attached hydrogen (secondary N) is 1. The summed E-state index contributed by atoms with van der Waals surface area (Å²) in [5.74, 6) is -0.721. The van der Waals surface area contributed by atoms with Gasteiger partial charge in [0.1, 0.15) is 11.6 Å². The van der Waals surface area contributed by atoms with Crippen LogP contribution in [0.3, 0.4) is 0 Å². The first-order valence-corrected chi connectivity index (χ1v) is 7.80. The molecule has 0 heterocycles. The summed E-state index contributed by atoms with van der Waals surface area (Å²) >= 11 is 9.08. The van der Waals surface area contributed by atoms with Crippen LogP contribution in [-0.2, 0) is 6.42 Å². The second-order valence-electron chi connectivity index (χ2n) is 4.73. The average molecular weight is 375 g/mol. The fourth-order valence-electron chi connectivity index (χ4n) is 2.22. The van der Waals surface area contributed by atoms with Gasteiger partial charge in [-0.1, -0.05) is 46.6 Å². The molecule has 0 aliphatic heterocycles. The Kier molecular flexibility index (Phi) is 5.73. The van der Waals surface area contributed by atoms with Gasteiger partial charge in [-0.15, -0.1) is 0 Å². The smallest absolute Gasteiger partial charge is 0.142 e. The zero-order chi connectivity index (χ0) is 15.4. The molecule has 1 N–H and O–H groups in total. The Hall–Kier alpha value is -0.970. The molecule has 0 spiro atoms. The molecule has 0 fully saturated rings. The van der Waals surface area contributed by atoms with E-state index in [4.69, 9.17) is 11.6 Å². The molecule has 0 aliphatic carbocycles. The van der Waals surface area contributed by atoms with E-state index in [0.717, 1.165) is 17.7 Å². The minimum absolute atomic E-state index is 0.0365. The van der Waals surface area contributed by atoms with E-state index in [2.05, 4.69) is 21.2 Å². The van der Waals surface area contributed by atoms with E-state index >= 15 is 0 Å². The lowest BCUT2D eigenvalue weighted by Crippen LogP contribution is -2.23. The molecule has 0 aliphatic rings. The predicted octanol–water partition coefficient (Wildman–Crippen LogP) is 5.27. The van der Waals surface area contributed by atoms with Crippen molar-refractivity contribution in [2.45, 2.75) is 19.4 Å². The lowest BCUT2D eigenvalue weighted by molar-refractivity contribution is 0.542. The van der Waals surface area contributed by atoms with Crippen molar-refractivity contribution in [1.29, 1.82) is 0 Å². The highest BCUT2D eigenvalue weighted by Crippen LogP contribution is 2.28. The van der Waals surface area contributed by atoms with Crippen LogP contribution in [-0.4, -0.2) is 6.54 Å². The van der Waals surface area contributed by atoms with E-state index in [1.165, 1.54) is 18.2 Å². The molecule has 2 rings (SSSR count). The Balaban J connectivity index is 2.28. The monoisotopic (exact) mass is 373 g/mol. The maximum atomic E-state index is 13.5. The normalized spacial score (nSPS) is 12.4. The fraction of sp³-hybridized carbons (Fsp3) is 0.250. The van der Waals surface area contributed by atoms with Crippen LogP contribution in [0.4, 0.5) is 8.78 Å². The van der Waals surface area contributed by atoms with Crippen LogP contribution < -0.4 is 5.32 Å². The Morgan fingerprint density at radius 2 is 1.95 bits per heavy atom. The van der Waals surface area contributed by atoms with Crippen molar-refractivity contribution in [2.75, 3.05) is 6.54 Å². The molecular formula is C16H15BrClF2N. The predicted molar refractivity (Wildman–Crippen MR) is 85.6 cm³/mol. The van der Waals surface area contributed by atoms with Gasteiger partial charge < -0.3 is 5.32 Å². The summed E-state index contributed by atoms with van der Waals surface area (Å²) in [5.41, 5.74) is 1.77. The van der Waals surface area contributed by atoms with Crippen LogP contribution in [0.5, 0.6) is 0 Å². The minimum Gasteiger partial charge on any atom is -0.310 e. The second-order valence-corrected chi connectivity index (χ2v) is 5.99. The molecule has 2 aromatic carbocycles. The summed E-state index contributed by atoms with van der Waals surface area (Å²) in [7, 11) is 0. The molecule has 0 radical (unpaired) electrons. The molecule has 1 atom stereocenters. The highest BCUT2D eigenvalue weighted by molar-refractivity contribution is 9.10. The summed E-state index contributed by atoms with van der Waals surface area (Å²) in [6, 6.07) is 9.34. The quantitative estimate of drug-likeness (QED) is 0.751. The molecule has 0 amide bonds. The lowest BCUT2D eigenvalue weighted by Gasteiger charge is -2.20. The van der Waals surface area contributed by atoms with Gasteiger partial charge >= 0.3 is 0 Å². The van der Waals surface area contributed by atoms with Gasteiger partial charge in [-0.25, -0.2) is 8.78 Å². The zero-order valence-electron chi connectivity index (χ0n) is 11.5. The largest absolute Gasteiger partial charge is 0.310 e. The van der Waals surface area contributed by atoms with Gasteiger partial charge in [-0.3, -0.25) is 0 Å². The van der Waals surface area contributed by atoms with Crippen LogP contribution in [0.25, 0.3) is 0 Å². The standard InChI is InChI=1S/C16H15BrClF2N/c1-2-21-16(12-5-4-11(19)9-13(12)17)8-10-3-6-14(18)15(20)7-10/h3-7,9,16,21H,2,8H2,1H3. The summed E-state index contributed by atoms with van der Waals surface area (Å²) in [6.45, 7) is 2.75. The first-order valence-electron chi connectivity index (χ1n) is 6.63. The molecule has 0 saturated carbocycles. The van der Waals surface area contributed by atoms with Crippen molar-refractivity contribution in [1.82, 2.24) is 5.32 Å². The van der Waals surface area contributed by atoms with Crippen molar-refractivity contribution in [3.63, 3.8) is 0 Å².